The van der Waals surface area contributed by atoms with Gasteiger partial charge in [-0.15, -0.1) is 0 Å². The number of hydrogen-bond donors (Lipinski definition) is 1. The second kappa shape index (κ2) is 5.54. The summed E-state index contributed by atoms with van der Waals surface area (Å²) in [5, 5.41) is 6.79. The number of hydrogen-bond acceptors (Lipinski definition) is 3. The highest BCUT2D eigenvalue weighted by Crippen LogP contribution is 2.54. The van der Waals surface area contributed by atoms with Crippen molar-refractivity contribution in [2.24, 2.45) is 11.8 Å². The lowest BCUT2D eigenvalue weighted by Crippen LogP contribution is -2.21. The molecule has 5 heteroatoms. The molecule has 2 aromatic rings. The summed E-state index contributed by atoms with van der Waals surface area (Å²) in [5.41, 5.74) is 1.32. The normalized spacial score (nSPS) is 25.5. The zero-order chi connectivity index (χ0) is 14.0. The molecule has 1 aromatic heterocycles. The number of ether oxygens (including phenoxy) is 1. The zero-order valence-corrected chi connectivity index (χ0v) is 12.2. The smallest absolute Gasteiger partial charge is 0.137 e. The van der Waals surface area contributed by atoms with E-state index >= 15 is 0 Å². The fourth-order valence-electron chi connectivity index (χ4n) is 2.65. The van der Waals surface area contributed by atoms with E-state index in [-0.39, 0.29) is 5.60 Å². The minimum atomic E-state index is 0.0196. The summed E-state index contributed by atoms with van der Waals surface area (Å²) in [5.74, 6) is 1.53. The Morgan fingerprint density at radius 1 is 1.35 bits per heavy atom. The highest BCUT2D eigenvalue weighted by Gasteiger charge is 2.55. The largest absolute Gasteiger partial charge is 0.364 e. The Labute approximate surface area is 123 Å². The predicted octanol–water partition coefficient (Wildman–Crippen LogP) is 3.42. The number of epoxide rings is 1. The first-order valence-electron chi connectivity index (χ1n) is 6.91. The number of aromatic amines is 1. The maximum Gasteiger partial charge on any atom is 0.137 e. The van der Waals surface area contributed by atoms with E-state index in [4.69, 9.17) is 16.3 Å². The fraction of sp³-hybridized carbons (Fsp3) is 0.467. The van der Waals surface area contributed by atoms with Gasteiger partial charge in [0.25, 0.3) is 0 Å². The van der Waals surface area contributed by atoms with Gasteiger partial charge in [0, 0.05) is 5.02 Å². The molecule has 2 unspecified atom stereocenters. The summed E-state index contributed by atoms with van der Waals surface area (Å²) >= 11 is 5.90. The van der Waals surface area contributed by atoms with Crippen LogP contribution in [0, 0.1) is 11.8 Å². The van der Waals surface area contributed by atoms with Crippen molar-refractivity contribution in [1.82, 2.24) is 15.2 Å². The number of aromatic nitrogens is 3. The molecule has 4 nitrogen and oxygen atoms in total. The SMILES string of the molecule is CC(C1CC1)C1(c2ccc(Cl)cc2)CO1.c1nc[nH]n1. The molecule has 0 amide bonds. The van der Waals surface area contributed by atoms with Crippen LogP contribution in [-0.2, 0) is 10.3 Å². The fourth-order valence-corrected chi connectivity index (χ4v) is 2.77. The third-order valence-electron chi connectivity index (χ3n) is 4.18. The van der Waals surface area contributed by atoms with Crippen molar-refractivity contribution in [3.05, 3.63) is 47.5 Å². The van der Waals surface area contributed by atoms with Crippen LogP contribution in [0.4, 0.5) is 0 Å². The van der Waals surface area contributed by atoms with E-state index in [0.29, 0.717) is 5.92 Å². The average molecular weight is 292 g/mol. The molecule has 2 fully saturated rings. The van der Waals surface area contributed by atoms with E-state index in [0.717, 1.165) is 17.5 Å². The number of H-pyrrole nitrogens is 1. The van der Waals surface area contributed by atoms with Crippen molar-refractivity contribution in [2.45, 2.75) is 25.4 Å². The summed E-state index contributed by atoms with van der Waals surface area (Å²) < 4.78 is 5.74. The van der Waals surface area contributed by atoms with Crippen molar-refractivity contribution < 1.29 is 4.74 Å². The van der Waals surface area contributed by atoms with Gasteiger partial charge in [0.05, 0.1) is 6.61 Å². The molecule has 20 heavy (non-hydrogen) atoms. The van der Waals surface area contributed by atoms with Crippen LogP contribution < -0.4 is 0 Å². The molecule has 2 atom stereocenters. The van der Waals surface area contributed by atoms with Crippen LogP contribution in [0.15, 0.2) is 36.9 Å². The maximum absolute atomic E-state index is 5.90. The van der Waals surface area contributed by atoms with E-state index in [9.17, 15) is 0 Å². The molecule has 1 N–H and O–H groups in total. The summed E-state index contributed by atoms with van der Waals surface area (Å²) in [6, 6.07) is 8.13. The number of benzene rings is 1. The van der Waals surface area contributed by atoms with Gasteiger partial charge < -0.3 is 4.74 Å². The van der Waals surface area contributed by atoms with Gasteiger partial charge in [0.15, 0.2) is 0 Å². The van der Waals surface area contributed by atoms with Gasteiger partial charge in [-0.1, -0.05) is 30.7 Å². The summed E-state index contributed by atoms with van der Waals surface area (Å²) in [4.78, 5) is 3.56. The molecule has 2 heterocycles. The van der Waals surface area contributed by atoms with Crippen LogP contribution in [-0.4, -0.2) is 21.8 Å². The van der Waals surface area contributed by atoms with Crippen LogP contribution in [0.1, 0.15) is 25.3 Å². The molecule has 0 spiro atoms. The summed E-state index contributed by atoms with van der Waals surface area (Å²) in [6.07, 6.45) is 5.71. The highest BCUT2D eigenvalue weighted by molar-refractivity contribution is 6.30. The molecule has 1 aliphatic heterocycles. The van der Waals surface area contributed by atoms with Gasteiger partial charge in [-0.3, -0.25) is 5.10 Å². The second-order valence-corrected chi connectivity index (χ2v) is 5.90. The van der Waals surface area contributed by atoms with E-state index in [2.05, 4.69) is 34.2 Å². The Morgan fingerprint density at radius 3 is 2.45 bits per heavy atom. The molecular formula is C15H18ClN3O. The van der Waals surface area contributed by atoms with Crippen molar-refractivity contribution in [3.8, 4) is 0 Å². The summed E-state index contributed by atoms with van der Waals surface area (Å²) in [7, 11) is 0. The predicted molar refractivity (Wildman–Crippen MR) is 77.4 cm³/mol. The van der Waals surface area contributed by atoms with Gasteiger partial charge in [-0.25, -0.2) is 4.98 Å². The van der Waals surface area contributed by atoms with Crippen LogP contribution in [0.3, 0.4) is 0 Å². The van der Waals surface area contributed by atoms with Gasteiger partial charge >= 0.3 is 0 Å². The Morgan fingerprint density at radius 2 is 2.05 bits per heavy atom. The zero-order valence-electron chi connectivity index (χ0n) is 11.4. The number of nitrogens with zero attached hydrogens (tertiary/aromatic N) is 2. The quantitative estimate of drug-likeness (QED) is 0.882. The first kappa shape index (κ1) is 13.6. The van der Waals surface area contributed by atoms with Crippen molar-refractivity contribution in [2.75, 3.05) is 6.61 Å². The number of rotatable bonds is 3. The molecular weight excluding hydrogens is 274 g/mol. The summed E-state index contributed by atoms with van der Waals surface area (Å²) in [6.45, 7) is 3.20. The second-order valence-electron chi connectivity index (χ2n) is 5.46. The van der Waals surface area contributed by atoms with Crippen LogP contribution >= 0.6 is 11.6 Å². The van der Waals surface area contributed by atoms with Gasteiger partial charge in [-0.2, -0.15) is 5.10 Å². The lowest BCUT2D eigenvalue weighted by molar-refractivity contribution is 0.211. The van der Waals surface area contributed by atoms with Crippen molar-refractivity contribution in [1.29, 1.82) is 0 Å². The van der Waals surface area contributed by atoms with Crippen molar-refractivity contribution in [3.63, 3.8) is 0 Å². The molecule has 2 aliphatic rings. The molecule has 106 valence electrons. The Hall–Kier alpha value is -1.39. The molecule has 1 aliphatic carbocycles. The monoisotopic (exact) mass is 291 g/mol. The Bertz CT molecular complexity index is 516. The van der Waals surface area contributed by atoms with E-state index < -0.39 is 0 Å². The molecule has 0 radical (unpaired) electrons. The minimum absolute atomic E-state index is 0.0196. The van der Waals surface area contributed by atoms with Crippen LogP contribution in [0.25, 0.3) is 0 Å². The third kappa shape index (κ3) is 2.86. The lowest BCUT2D eigenvalue weighted by Gasteiger charge is -2.20. The standard InChI is InChI=1S/C13H15ClO.C2H3N3/c1-9(10-2-3-10)13(8-15-13)11-4-6-12(14)7-5-11;1-3-2-5-4-1/h4-7,9-10H,2-3,8H2,1H3;1-2H,(H,3,4,5). The minimum Gasteiger partial charge on any atom is -0.364 e. The third-order valence-corrected chi connectivity index (χ3v) is 4.44. The molecule has 0 bridgehead atoms. The van der Waals surface area contributed by atoms with E-state index in [1.165, 1.54) is 31.1 Å². The molecule has 1 saturated heterocycles. The molecule has 1 saturated carbocycles. The lowest BCUT2D eigenvalue weighted by atomic mass is 9.84. The average Bonchev–Trinajstić information content (AvgIpc) is 3.40. The van der Waals surface area contributed by atoms with E-state index in [1.54, 1.807) is 0 Å². The topological polar surface area (TPSA) is 54.1 Å². The van der Waals surface area contributed by atoms with Crippen LogP contribution in [0.2, 0.25) is 5.02 Å². The van der Waals surface area contributed by atoms with Gasteiger partial charge in [0.2, 0.25) is 0 Å². The van der Waals surface area contributed by atoms with Gasteiger partial charge in [-0.05, 0) is 42.4 Å². The Balaban J connectivity index is 0.000000205. The molecule has 4 rings (SSSR count). The van der Waals surface area contributed by atoms with Crippen molar-refractivity contribution >= 4 is 11.6 Å². The number of nitrogens with one attached hydrogen (secondary N) is 1. The highest BCUT2D eigenvalue weighted by atomic mass is 35.5. The molecule has 1 aromatic carbocycles. The van der Waals surface area contributed by atoms with E-state index in [1.807, 2.05) is 12.1 Å². The van der Waals surface area contributed by atoms with Gasteiger partial charge in [0.1, 0.15) is 18.3 Å². The number of halogens is 1. The first-order chi connectivity index (χ1) is 9.72. The maximum atomic E-state index is 5.90. The Kier molecular flexibility index (Phi) is 3.76. The first-order valence-corrected chi connectivity index (χ1v) is 7.29. The van der Waals surface area contributed by atoms with Crippen LogP contribution in [0.5, 0.6) is 0 Å².